The SMILES string of the molecule is Cc1cc2c(cc1-c1cccc[n+]1C)oc1ncc3ccccc3c12.Cc1cc[n+](C)c(-c2cc3oc4ncc5ccccc5c4c3cc2C)c1.[2H]C([2H])([2H])C([2H])(C)c1cc[n+](C)c(-c2cc3oc4ncc5ccccc5c4c3cc2C)c1.[2H]C([2H])([2H])c1c[n+](C)c(-c2c(C)ccc3c2oc2ncc4ccccc4c23)cc1-c1ccc(C)cc1. The number of nitrogens with zero attached hydrogens (tertiary/aromatic N) is 8. The topological polar surface area (TPSA) is 120 Å². The Balaban J connectivity index is 0.000000110. The number of furan rings is 4. The number of aromatic nitrogens is 8. The minimum atomic E-state index is -2.44. The summed E-state index contributed by atoms with van der Waals surface area (Å²) in [5, 5.41) is 17.4. The fourth-order valence-electron chi connectivity index (χ4n) is 16.1. The van der Waals surface area contributed by atoms with E-state index in [0.29, 0.717) is 39.5 Å². The van der Waals surface area contributed by atoms with E-state index in [2.05, 4.69) is 205 Å². The number of pyridine rings is 8. The van der Waals surface area contributed by atoms with E-state index in [4.69, 9.17) is 27.3 Å². The molecule has 0 saturated heterocycles. The molecule has 112 heavy (non-hydrogen) atoms. The van der Waals surface area contributed by atoms with Crippen molar-refractivity contribution in [2.24, 2.45) is 28.2 Å². The van der Waals surface area contributed by atoms with Gasteiger partial charge in [0.2, 0.25) is 45.6 Å². The van der Waals surface area contributed by atoms with Gasteiger partial charge in [0.05, 0.1) is 43.8 Å². The smallest absolute Gasteiger partial charge is 0.227 e. The Hall–Kier alpha value is -13.6. The van der Waals surface area contributed by atoms with Crippen molar-refractivity contribution in [1.82, 2.24) is 19.9 Å². The lowest BCUT2D eigenvalue weighted by Crippen LogP contribution is -2.31. The molecule has 1 unspecified atom stereocenters. The molecular formula is C100H84N8O4+4. The van der Waals surface area contributed by atoms with E-state index in [1.54, 1.807) is 24.5 Å². The molecule has 21 rings (SSSR count). The van der Waals surface area contributed by atoms with Crippen molar-refractivity contribution < 1.29 is 45.5 Å². The molecule has 12 heteroatoms. The Morgan fingerprint density at radius 1 is 0.339 bits per heavy atom. The molecule has 12 aromatic heterocycles. The van der Waals surface area contributed by atoms with E-state index in [1.807, 2.05) is 147 Å². The Morgan fingerprint density at radius 2 is 0.777 bits per heavy atom. The van der Waals surface area contributed by atoms with Crippen molar-refractivity contribution >= 4 is 131 Å². The minimum Gasteiger partial charge on any atom is -0.438 e. The number of hydrogen-bond acceptors (Lipinski definition) is 8. The van der Waals surface area contributed by atoms with Crippen LogP contribution >= 0.6 is 0 Å². The van der Waals surface area contributed by atoms with E-state index in [9.17, 15) is 0 Å². The van der Waals surface area contributed by atoms with Crippen LogP contribution in [-0.4, -0.2) is 19.9 Å². The molecule has 9 aromatic carbocycles. The quantitative estimate of drug-likeness (QED) is 0.151. The Labute approximate surface area is 658 Å². The molecule has 0 aliphatic heterocycles. The highest BCUT2D eigenvalue weighted by Gasteiger charge is 2.27. The van der Waals surface area contributed by atoms with E-state index < -0.39 is 19.6 Å². The molecule has 0 fully saturated rings. The highest BCUT2D eigenvalue weighted by Crippen LogP contribution is 2.43. The standard InChI is InChI=1S/C30H25N2O.C25H23N2O.C23H19N2O.C22H17N2O/c1-18-9-12-21(13-10-18)25-15-26(32(4)17-20(25)3)27-19(2)11-14-24-28-23-8-6-5-7-22(23)16-31-30(28)33-29(24)27;1-15(2)17-9-10-27(4)22(12-17)20-13-23-21(11-16(20)3)24-19-8-6-5-7-18(19)14-26-25(24)28-23;1-14-8-9-25(3)20(10-14)18-12-21-19(11-15(18)2)22-17-7-5-4-6-16(17)13-24-23(22)26-21;1-14-11-18-20(12-17(14)19-9-5-6-10-24(19)2)25-22-21(18)16-8-4-3-7-15(16)13-23-22/h5-17H,1-4H3;5-15H,1-4H3;4-13H,1-3H3;3-13H,1-2H3/q4*+1/i3D3;1D3,15D;;. The number of benzene rings is 9. The second kappa shape index (κ2) is 28.1. The van der Waals surface area contributed by atoms with Crippen molar-refractivity contribution in [3.63, 3.8) is 0 Å². The fraction of sp³-hybridized carbons (Fsp3) is 0.140. The average molecular weight is 1470 g/mol. The molecule has 0 spiro atoms. The van der Waals surface area contributed by atoms with Gasteiger partial charge in [-0.05, 0) is 163 Å². The molecule has 544 valence electrons. The van der Waals surface area contributed by atoms with E-state index in [0.717, 1.165) is 143 Å². The van der Waals surface area contributed by atoms with Gasteiger partial charge in [-0.15, -0.1) is 0 Å². The molecule has 0 radical (unpaired) electrons. The maximum Gasteiger partial charge on any atom is 0.227 e. The summed E-state index contributed by atoms with van der Waals surface area (Å²) in [5.74, 6) is -1.71. The second-order valence-electron chi connectivity index (χ2n) is 29.5. The van der Waals surface area contributed by atoms with E-state index in [1.165, 1.54) is 56.9 Å². The van der Waals surface area contributed by atoms with Crippen LogP contribution in [0.25, 0.3) is 188 Å². The monoisotopic (exact) mass is 1470 g/mol. The molecule has 0 aliphatic carbocycles. The van der Waals surface area contributed by atoms with E-state index >= 15 is 0 Å². The highest BCUT2D eigenvalue weighted by atomic mass is 16.4. The Morgan fingerprint density at radius 3 is 1.26 bits per heavy atom. The van der Waals surface area contributed by atoms with Crippen molar-refractivity contribution in [3.8, 4) is 56.2 Å². The maximum absolute atomic E-state index is 8.48. The van der Waals surface area contributed by atoms with Crippen molar-refractivity contribution in [2.75, 3.05) is 0 Å². The van der Waals surface area contributed by atoms with Crippen molar-refractivity contribution in [3.05, 3.63) is 312 Å². The zero-order valence-electron chi connectivity index (χ0n) is 71.1. The molecule has 0 bridgehead atoms. The van der Waals surface area contributed by atoms with Gasteiger partial charge in [0.25, 0.3) is 0 Å². The first-order valence-corrected chi connectivity index (χ1v) is 37.5. The summed E-state index contributed by atoms with van der Waals surface area (Å²) in [6.45, 7) is 9.29. The Bertz CT molecular complexity index is 7710. The van der Waals surface area contributed by atoms with Crippen LogP contribution in [0.2, 0.25) is 0 Å². The summed E-state index contributed by atoms with van der Waals surface area (Å²) in [6.07, 6.45) is 15.1. The van der Waals surface area contributed by atoms with Gasteiger partial charge in [0.15, 0.2) is 30.4 Å². The summed E-state index contributed by atoms with van der Waals surface area (Å²) in [6, 6.07) is 74.0. The Kier molecular flexibility index (Phi) is 15.7. The number of hydrogen-bond donors (Lipinski definition) is 0. The van der Waals surface area contributed by atoms with Gasteiger partial charge in [-0.2, -0.15) is 0 Å². The lowest BCUT2D eigenvalue weighted by molar-refractivity contribution is -0.660. The molecule has 12 heterocycles. The molecule has 21 aromatic rings. The molecule has 12 nitrogen and oxygen atoms in total. The van der Waals surface area contributed by atoms with Crippen LogP contribution in [0.3, 0.4) is 0 Å². The van der Waals surface area contributed by atoms with Gasteiger partial charge in [-0.1, -0.05) is 153 Å². The van der Waals surface area contributed by atoms with E-state index in [-0.39, 0.29) is 0 Å². The van der Waals surface area contributed by atoms with Crippen LogP contribution in [0.1, 0.15) is 73.8 Å². The zero-order valence-corrected chi connectivity index (χ0v) is 64.1. The molecular weight excluding hydrogens is 1380 g/mol. The van der Waals surface area contributed by atoms with Gasteiger partial charge in [0.1, 0.15) is 44.9 Å². The number of aryl methyl sites for hydroxylation is 11. The largest absolute Gasteiger partial charge is 0.438 e. The van der Waals surface area contributed by atoms with Gasteiger partial charge < -0.3 is 17.7 Å². The molecule has 0 aliphatic rings. The first-order valence-electron chi connectivity index (χ1n) is 41.0. The first-order chi connectivity index (χ1) is 57.1. The second-order valence-corrected chi connectivity index (χ2v) is 29.5. The molecule has 0 saturated carbocycles. The summed E-state index contributed by atoms with van der Waals surface area (Å²) >= 11 is 0. The van der Waals surface area contributed by atoms with Gasteiger partial charge in [-0.25, -0.2) is 38.2 Å². The molecule has 1 atom stereocenters. The lowest BCUT2D eigenvalue weighted by Gasteiger charge is -2.10. The van der Waals surface area contributed by atoms with Crippen molar-refractivity contribution in [2.45, 2.75) is 68.1 Å². The summed E-state index contributed by atoms with van der Waals surface area (Å²) in [7, 11) is 7.93. The predicted molar refractivity (Wildman–Crippen MR) is 455 cm³/mol. The van der Waals surface area contributed by atoms with Crippen LogP contribution in [0.5, 0.6) is 0 Å². The number of rotatable bonds is 6. The normalized spacial score (nSPS) is 13.4. The fourth-order valence-corrected chi connectivity index (χ4v) is 16.1. The lowest BCUT2D eigenvalue weighted by atomic mass is 9.95. The molecule has 0 amide bonds. The van der Waals surface area contributed by atoms with Crippen LogP contribution in [0.4, 0.5) is 0 Å². The minimum absolute atomic E-state index is 0.319. The van der Waals surface area contributed by atoms with Crippen molar-refractivity contribution in [1.29, 1.82) is 0 Å². The summed E-state index contributed by atoms with van der Waals surface area (Å²) < 4.78 is 89.3. The first kappa shape index (κ1) is 62.3. The summed E-state index contributed by atoms with van der Waals surface area (Å²) in [5.41, 5.74) is 23.3. The van der Waals surface area contributed by atoms with Crippen LogP contribution in [0.15, 0.2) is 286 Å². The third-order valence-electron chi connectivity index (χ3n) is 22.0. The van der Waals surface area contributed by atoms with Gasteiger partial charge >= 0.3 is 0 Å². The number of fused-ring (bicyclic) bond motifs is 20. The van der Waals surface area contributed by atoms with Crippen LogP contribution in [-0.2, 0) is 28.2 Å². The third kappa shape index (κ3) is 12.4. The van der Waals surface area contributed by atoms with Gasteiger partial charge in [0, 0.05) is 126 Å². The van der Waals surface area contributed by atoms with Gasteiger partial charge in [-0.3, -0.25) is 0 Å². The maximum atomic E-state index is 8.48. The summed E-state index contributed by atoms with van der Waals surface area (Å²) in [4.78, 5) is 18.2. The molecule has 0 N–H and O–H groups in total. The zero-order chi connectivity index (χ0) is 82.8. The highest BCUT2D eigenvalue weighted by molar-refractivity contribution is 6.22. The predicted octanol–water partition coefficient (Wildman–Crippen LogP) is 23.5. The average Bonchev–Trinajstić information content (AvgIpc) is 1.67. The van der Waals surface area contributed by atoms with Crippen LogP contribution in [0, 0.1) is 48.4 Å². The van der Waals surface area contributed by atoms with Crippen LogP contribution < -0.4 is 18.3 Å². The third-order valence-corrected chi connectivity index (χ3v) is 22.0.